The molecule has 0 unspecified atom stereocenters. The van der Waals surface area contributed by atoms with Crippen molar-refractivity contribution in [3.8, 4) is 5.75 Å². The normalized spacial score (nSPS) is 15.6. The van der Waals surface area contributed by atoms with Gasteiger partial charge in [-0.05, 0) is 30.5 Å². The fraction of sp³-hybridized carbons (Fsp3) is 0.533. The Morgan fingerprint density at radius 1 is 1.27 bits per heavy atom. The number of nitrogens with zero attached hydrogens (tertiary/aromatic N) is 1. The molecule has 1 N–H and O–H groups in total. The summed E-state index contributed by atoms with van der Waals surface area (Å²) >= 11 is 0. The van der Waals surface area contributed by atoms with Crippen molar-refractivity contribution in [2.75, 3.05) is 7.05 Å². The van der Waals surface area contributed by atoms with Gasteiger partial charge in [-0.1, -0.05) is 25.0 Å². The van der Waals surface area contributed by atoms with Crippen LogP contribution in [0.15, 0.2) is 24.3 Å². The van der Waals surface area contributed by atoms with Gasteiger partial charge in [0.25, 0.3) is 0 Å². The summed E-state index contributed by atoms with van der Waals surface area (Å²) < 4.78 is 40.0. The van der Waals surface area contributed by atoms with E-state index in [0.29, 0.717) is 6.54 Å². The minimum absolute atomic E-state index is 0.164. The SMILES string of the molecule is CN(Cc1ccc(OC(F)(F)F)cc1)C(=O)NC1CCCC1. The zero-order valence-electron chi connectivity index (χ0n) is 12.3. The van der Waals surface area contributed by atoms with Crippen molar-refractivity contribution in [1.82, 2.24) is 10.2 Å². The van der Waals surface area contributed by atoms with Crippen molar-refractivity contribution in [2.24, 2.45) is 0 Å². The fourth-order valence-corrected chi connectivity index (χ4v) is 2.50. The highest BCUT2D eigenvalue weighted by atomic mass is 19.4. The number of benzene rings is 1. The molecule has 0 aromatic heterocycles. The maximum Gasteiger partial charge on any atom is 0.573 e. The average Bonchev–Trinajstić information content (AvgIpc) is 2.92. The van der Waals surface area contributed by atoms with E-state index >= 15 is 0 Å². The molecule has 0 radical (unpaired) electrons. The number of hydrogen-bond acceptors (Lipinski definition) is 2. The lowest BCUT2D eigenvalue weighted by molar-refractivity contribution is -0.274. The summed E-state index contributed by atoms with van der Waals surface area (Å²) in [6.07, 6.45) is -0.420. The average molecular weight is 316 g/mol. The second-order valence-electron chi connectivity index (χ2n) is 5.48. The monoisotopic (exact) mass is 316 g/mol. The molecular formula is C15H19F3N2O2. The van der Waals surface area contributed by atoms with Gasteiger partial charge in [0.2, 0.25) is 0 Å². The van der Waals surface area contributed by atoms with Crippen LogP contribution in [0.2, 0.25) is 0 Å². The lowest BCUT2D eigenvalue weighted by atomic mass is 10.2. The van der Waals surface area contributed by atoms with Crippen LogP contribution in [-0.2, 0) is 6.54 Å². The summed E-state index contributed by atoms with van der Waals surface area (Å²) in [6.45, 7) is 0.324. The summed E-state index contributed by atoms with van der Waals surface area (Å²) in [6, 6.07) is 5.58. The lowest BCUT2D eigenvalue weighted by Crippen LogP contribution is -2.41. The molecule has 1 aromatic rings. The molecule has 0 atom stereocenters. The van der Waals surface area contributed by atoms with E-state index in [2.05, 4.69) is 10.1 Å². The van der Waals surface area contributed by atoms with Crippen molar-refractivity contribution in [1.29, 1.82) is 0 Å². The van der Waals surface area contributed by atoms with Crippen LogP contribution < -0.4 is 10.1 Å². The molecule has 1 aliphatic rings. The number of hydrogen-bond donors (Lipinski definition) is 1. The number of carbonyl (C=O) groups is 1. The van der Waals surface area contributed by atoms with Gasteiger partial charge in [0, 0.05) is 19.6 Å². The minimum atomic E-state index is -4.69. The number of alkyl halides is 3. The van der Waals surface area contributed by atoms with Gasteiger partial charge in [0.05, 0.1) is 0 Å². The summed E-state index contributed by atoms with van der Waals surface area (Å²) in [5.41, 5.74) is 0.735. The predicted octanol–water partition coefficient (Wildman–Crippen LogP) is 3.67. The molecule has 1 aliphatic carbocycles. The Morgan fingerprint density at radius 2 is 1.86 bits per heavy atom. The molecule has 1 fully saturated rings. The maximum absolute atomic E-state index is 12.1. The first-order chi connectivity index (χ1) is 10.3. The summed E-state index contributed by atoms with van der Waals surface area (Å²) in [4.78, 5) is 13.5. The van der Waals surface area contributed by atoms with Crippen molar-refractivity contribution in [2.45, 2.75) is 44.6 Å². The van der Waals surface area contributed by atoms with Gasteiger partial charge >= 0.3 is 12.4 Å². The Labute approximate surface area is 127 Å². The topological polar surface area (TPSA) is 41.6 Å². The van der Waals surface area contributed by atoms with Gasteiger partial charge in [-0.3, -0.25) is 0 Å². The van der Waals surface area contributed by atoms with E-state index in [1.165, 1.54) is 29.2 Å². The highest BCUT2D eigenvalue weighted by molar-refractivity contribution is 5.74. The van der Waals surface area contributed by atoms with E-state index in [4.69, 9.17) is 0 Å². The second kappa shape index (κ2) is 6.89. The zero-order valence-corrected chi connectivity index (χ0v) is 12.3. The molecule has 122 valence electrons. The third-order valence-corrected chi connectivity index (χ3v) is 3.61. The van der Waals surface area contributed by atoms with Crippen LogP contribution in [-0.4, -0.2) is 30.4 Å². The van der Waals surface area contributed by atoms with Crippen LogP contribution in [0.1, 0.15) is 31.2 Å². The Bertz CT molecular complexity index is 497. The molecule has 4 nitrogen and oxygen atoms in total. The smallest absolute Gasteiger partial charge is 0.406 e. The number of urea groups is 1. The molecule has 0 saturated heterocycles. The Kier molecular flexibility index (Phi) is 5.15. The second-order valence-corrected chi connectivity index (χ2v) is 5.48. The number of amides is 2. The van der Waals surface area contributed by atoms with Crippen molar-refractivity contribution in [3.63, 3.8) is 0 Å². The third-order valence-electron chi connectivity index (χ3n) is 3.61. The quantitative estimate of drug-likeness (QED) is 0.921. The van der Waals surface area contributed by atoms with Gasteiger partial charge in [-0.2, -0.15) is 0 Å². The van der Waals surface area contributed by atoms with E-state index in [1.807, 2.05) is 0 Å². The van der Waals surface area contributed by atoms with E-state index in [9.17, 15) is 18.0 Å². The van der Waals surface area contributed by atoms with E-state index in [0.717, 1.165) is 31.2 Å². The van der Waals surface area contributed by atoms with Crippen molar-refractivity contribution >= 4 is 6.03 Å². The molecule has 22 heavy (non-hydrogen) atoms. The first kappa shape index (κ1) is 16.5. The highest BCUT2D eigenvalue weighted by Crippen LogP contribution is 2.23. The van der Waals surface area contributed by atoms with Gasteiger partial charge in [0.1, 0.15) is 5.75 Å². The van der Waals surface area contributed by atoms with Gasteiger partial charge in [-0.15, -0.1) is 13.2 Å². The van der Waals surface area contributed by atoms with Crippen LogP contribution in [0.25, 0.3) is 0 Å². The van der Waals surface area contributed by atoms with Crippen molar-refractivity contribution in [3.05, 3.63) is 29.8 Å². The molecule has 1 saturated carbocycles. The Hall–Kier alpha value is -1.92. The zero-order chi connectivity index (χ0) is 16.2. The van der Waals surface area contributed by atoms with Crippen LogP contribution >= 0.6 is 0 Å². The summed E-state index contributed by atoms with van der Waals surface area (Å²) in [5, 5.41) is 2.95. The molecule has 0 heterocycles. The Morgan fingerprint density at radius 3 is 2.41 bits per heavy atom. The molecule has 0 bridgehead atoms. The number of ether oxygens (including phenoxy) is 1. The molecule has 2 rings (SSSR count). The van der Waals surface area contributed by atoms with Crippen LogP contribution in [0.4, 0.5) is 18.0 Å². The maximum atomic E-state index is 12.1. The predicted molar refractivity (Wildman–Crippen MR) is 75.4 cm³/mol. The van der Waals surface area contributed by atoms with E-state index < -0.39 is 6.36 Å². The molecule has 7 heteroatoms. The summed E-state index contributed by atoms with van der Waals surface area (Å²) in [5.74, 6) is -0.269. The van der Waals surface area contributed by atoms with E-state index in [1.54, 1.807) is 7.05 Å². The number of nitrogens with one attached hydrogen (secondary N) is 1. The number of carbonyl (C=O) groups excluding carboxylic acids is 1. The first-order valence-corrected chi connectivity index (χ1v) is 7.20. The molecule has 2 amide bonds. The number of halogens is 3. The van der Waals surface area contributed by atoms with Gasteiger partial charge < -0.3 is 15.0 Å². The standard InChI is InChI=1S/C15H19F3N2O2/c1-20(14(21)19-12-4-2-3-5-12)10-11-6-8-13(9-7-11)22-15(16,17)18/h6-9,12H,2-5,10H2,1H3,(H,19,21). The molecular weight excluding hydrogens is 297 g/mol. The summed E-state index contributed by atoms with van der Waals surface area (Å²) in [7, 11) is 1.66. The minimum Gasteiger partial charge on any atom is -0.406 e. The fourth-order valence-electron chi connectivity index (χ4n) is 2.50. The van der Waals surface area contributed by atoms with Crippen molar-refractivity contribution < 1.29 is 22.7 Å². The Balaban J connectivity index is 1.85. The molecule has 1 aromatic carbocycles. The third kappa shape index (κ3) is 5.13. The lowest BCUT2D eigenvalue weighted by Gasteiger charge is -2.21. The number of rotatable bonds is 4. The van der Waals surface area contributed by atoms with Crippen LogP contribution in [0, 0.1) is 0 Å². The van der Waals surface area contributed by atoms with Crippen LogP contribution in [0.5, 0.6) is 5.75 Å². The van der Waals surface area contributed by atoms with Gasteiger partial charge in [0.15, 0.2) is 0 Å². The molecule has 0 spiro atoms. The highest BCUT2D eigenvalue weighted by Gasteiger charge is 2.31. The largest absolute Gasteiger partial charge is 0.573 e. The first-order valence-electron chi connectivity index (χ1n) is 7.20. The van der Waals surface area contributed by atoms with Gasteiger partial charge in [-0.25, -0.2) is 4.79 Å². The molecule has 0 aliphatic heterocycles. The van der Waals surface area contributed by atoms with E-state index in [-0.39, 0.29) is 17.8 Å². The van der Waals surface area contributed by atoms with Crippen LogP contribution in [0.3, 0.4) is 0 Å².